The van der Waals surface area contributed by atoms with E-state index >= 15 is 0 Å². The van der Waals surface area contributed by atoms with Crippen LogP contribution in [0.15, 0.2) is 29.2 Å². The Balaban J connectivity index is 1.35. The molecule has 0 aliphatic carbocycles. The molecule has 158 valence electrons. The van der Waals surface area contributed by atoms with E-state index in [0.29, 0.717) is 27.7 Å². The van der Waals surface area contributed by atoms with Gasteiger partial charge in [0, 0.05) is 30.3 Å². The highest BCUT2D eigenvalue weighted by molar-refractivity contribution is 8.18. The Kier molecular flexibility index (Phi) is 5.87. The molecule has 0 saturated carbocycles. The van der Waals surface area contributed by atoms with Gasteiger partial charge >= 0.3 is 0 Å². The summed E-state index contributed by atoms with van der Waals surface area (Å²) in [5.74, 6) is -0.104. The van der Waals surface area contributed by atoms with Crippen LogP contribution in [0.3, 0.4) is 0 Å². The van der Waals surface area contributed by atoms with Crippen LogP contribution in [-0.2, 0) is 14.4 Å². The SMILES string of the molecule is C[C@@]12CCC(=O)N1[C@H](C(=O)NCCN1C(=O)S/C(=C/c3ccccc3Cl)C1=O)CS2. The topological polar surface area (TPSA) is 86.8 Å². The molecule has 7 nitrogen and oxygen atoms in total. The Morgan fingerprint density at radius 1 is 1.33 bits per heavy atom. The number of hydrogen-bond acceptors (Lipinski definition) is 6. The van der Waals surface area contributed by atoms with Crippen molar-refractivity contribution in [1.82, 2.24) is 15.1 Å². The highest BCUT2D eigenvalue weighted by Gasteiger charge is 2.52. The summed E-state index contributed by atoms with van der Waals surface area (Å²) < 4.78 is 0. The number of carbonyl (C=O) groups excluding carboxylic acids is 4. The highest BCUT2D eigenvalue weighted by Crippen LogP contribution is 2.47. The second-order valence-corrected chi connectivity index (χ2v) is 10.3. The number of fused-ring (bicyclic) bond motifs is 1. The van der Waals surface area contributed by atoms with Crippen LogP contribution in [0.25, 0.3) is 6.08 Å². The lowest BCUT2D eigenvalue weighted by molar-refractivity contribution is -0.137. The van der Waals surface area contributed by atoms with Crippen molar-refractivity contribution in [3.63, 3.8) is 0 Å². The van der Waals surface area contributed by atoms with Crippen LogP contribution in [0.2, 0.25) is 5.02 Å². The fourth-order valence-electron chi connectivity index (χ4n) is 3.85. The van der Waals surface area contributed by atoms with Gasteiger partial charge in [-0.05, 0) is 42.8 Å². The molecule has 4 rings (SSSR count). The van der Waals surface area contributed by atoms with Crippen LogP contribution < -0.4 is 5.32 Å². The van der Waals surface area contributed by atoms with Gasteiger partial charge in [-0.3, -0.25) is 24.1 Å². The zero-order valence-corrected chi connectivity index (χ0v) is 18.6. The van der Waals surface area contributed by atoms with Gasteiger partial charge in [-0.15, -0.1) is 11.8 Å². The Morgan fingerprint density at radius 3 is 2.87 bits per heavy atom. The molecule has 0 radical (unpaired) electrons. The molecule has 4 amide bonds. The van der Waals surface area contributed by atoms with Crippen molar-refractivity contribution >= 4 is 64.2 Å². The van der Waals surface area contributed by atoms with Gasteiger partial charge in [0.25, 0.3) is 11.1 Å². The van der Waals surface area contributed by atoms with E-state index in [0.717, 1.165) is 23.1 Å². The number of nitrogens with one attached hydrogen (secondary N) is 1. The molecule has 10 heteroatoms. The predicted octanol–water partition coefficient (Wildman–Crippen LogP) is 2.95. The maximum absolute atomic E-state index is 12.6. The number of nitrogens with zero attached hydrogens (tertiary/aromatic N) is 2. The molecule has 1 aromatic carbocycles. The minimum absolute atomic E-state index is 0.00157. The van der Waals surface area contributed by atoms with E-state index in [4.69, 9.17) is 11.6 Å². The van der Waals surface area contributed by atoms with E-state index in [-0.39, 0.29) is 35.0 Å². The molecule has 0 bridgehead atoms. The number of benzene rings is 1. The molecule has 3 aliphatic heterocycles. The van der Waals surface area contributed by atoms with Crippen molar-refractivity contribution in [2.45, 2.75) is 30.7 Å². The van der Waals surface area contributed by atoms with Gasteiger partial charge in [0.05, 0.1) is 9.78 Å². The van der Waals surface area contributed by atoms with Gasteiger partial charge in [-0.1, -0.05) is 29.8 Å². The second kappa shape index (κ2) is 8.28. The largest absolute Gasteiger partial charge is 0.352 e. The molecule has 30 heavy (non-hydrogen) atoms. The van der Waals surface area contributed by atoms with Crippen LogP contribution >= 0.6 is 35.1 Å². The first-order valence-corrected chi connectivity index (χ1v) is 11.7. The number of rotatable bonds is 5. The Bertz CT molecular complexity index is 969. The smallest absolute Gasteiger partial charge is 0.293 e. The zero-order chi connectivity index (χ0) is 21.5. The first-order valence-electron chi connectivity index (χ1n) is 9.54. The molecule has 1 aromatic rings. The number of hydrogen-bond donors (Lipinski definition) is 1. The van der Waals surface area contributed by atoms with Crippen LogP contribution in [0, 0.1) is 0 Å². The third-order valence-corrected chi connectivity index (χ3v) is 8.20. The van der Waals surface area contributed by atoms with Crippen molar-refractivity contribution in [3.8, 4) is 0 Å². The Labute approximate surface area is 187 Å². The van der Waals surface area contributed by atoms with Gasteiger partial charge in [0.1, 0.15) is 6.04 Å². The average molecular weight is 466 g/mol. The maximum Gasteiger partial charge on any atom is 0.293 e. The normalized spacial score (nSPS) is 27.3. The van der Waals surface area contributed by atoms with E-state index in [9.17, 15) is 19.2 Å². The summed E-state index contributed by atoms with van der Waals surface area (Å²) in [6.45, 7) is 2.19. The molecule has 0 spiro atoms. The maximum atomic E-state index is 12.6. The lowest BCUT2D eigenvalue weighted by Gasteiger charge is -2.29. The number of halogens is 1. The number of amides is 4. The standard InChI is InChI=1S/C20H20ClN3O4S2/c1-20-7-6-16(25)24(20)14(11-29-20)17(26)22-8-9-23-18(27)15(30-19(23)28)10-12-4-2-3-5-13(12)21/h2-5,10,14H,6-9,11H2,1H3,(H,22,26)/b15-10+/t14-,20+/m0/s1. The van der Waals surface area contributed by atoms with Crippen LogP contribution in [0.1, 0.15) is 25.3 Å². The van der Waals surface area contributed by atoms with Crippen molar-refractivity contribution in [2.75, 3.05) is 18.8 Å². The van der Waals surface area contributed by atoms with Crippen molar-refractivity contribution < 1.29 is 19.2 Å². The fraction of sp³-hybridized carbons (Fsp3) is 0.400. The summed E-state index contributed by atoms with van der Waals surface area (Å²) in [4.78, 5) is 52.4. The van der Waals surface area contributed by atoms with Gasteiger partial charge in [-0.25, -0.2) is 0 Å². The molecule has 3 saturated heterocycles. The quantitative estimate of drug-likeness (QED) is 0.673. The van der Waals surface area contributed by atoms with Crippen LogP contribution in [-0.4, -0.2) is 62.5 Å². The minimum atomic E-state index is -0.509. The zero-order valence-electron chi connectivity index (χ0n) is 16.2. The second-order valence-electron chi connectivity index (χ2n) is 7.41. The first-order chi connectivity index (χ1) is 14.3. The number of thioether (sulfide) groups is 2. The summed E-state index contributed by atoms with van der Waals surface area (Å²) in [5, 5.41) is 2.89. The summed E-state index contributed by atoms with van der Waals surface area (Å²) in [5.41, 5.74) is 0.662. The Morgan fingerprint density at radius 2 is 2.10 bits per heavy atom. The average Bonchev–Trinajstić information content (AvgIpc) is 3.30. The molecule has 3 heterocycles. The molecule has 3 fully saturated rings. The molecule has 3 aliphatic rings. The lowest BCUT2D eigenvalue weighted by atomic mass is 10.2. The number of imide groups is 1. The summed E-state index contributed by atoms with van der Waals surface area (Å²) in [6.07, 6.45) is 2.80. The van der Waals surface area contributed by atoms with Crippen LogP contribution in [0.4, 0.5) is 4.79 Å². The molecule has 0 unspecified atom stereocenters. The van der Waals surface area contributed by atoms with Crippen molar-refractivity contribution in [3.05, 3.63) is 39.8 Å². The molecule has 1 N–H and O–H groups in total. The van der Waals surface area contributed by atoms with Crippen LogP contribution in [0.5, 0.6) is 0 Å². The molecular formula is C20H20ClN3O4S2. The fourth-order valence-corrected chi connectivity index (χ4v) is 6.33. The van der Waals surface area contributed by atoms with E-state index in [2.05, 4.69) is 5.32 Å². The highest BCUT2D eigenvalue weighted by atomic mass is 35.5. The monoisotopic (exact) mass is 465 g/mol. The summed E-state index contributed by atoms with van der Waals surface area (Å²) >= 11 is 8.60. The van der Waals surface area contributed by atoms with Gasteiger partial charge in [0.15, 0.2) is 0 Å². The molecular weight excluding hydrogens is 446 g/mol. The van der Waals surface area contributed by atoms with E-state index in [1.807, 2.05) is 6.92 Å². The lowest BCUT2D eigenvalue weighted by Crippen LogP contribution is -2.51. The molecule has 2 atom stereocenters. The van der Waals surface area contributed by atoms with Gasteiger partial charge in [-0.2, -0.15) is 0 Å². The Hall–Kier alpha value is -1.97. The predicted molar refractivity (Wildman–Crippen MR) is 118 cm³/mol. The van der Waals surface area contributed by atoms with Gasteiger partial charge in [0.2, 0.25) is 11.8 Å². The third-order valence-electron chi connectivity index (χ3n) is 5.45. The third kappa shape index (κ3) is 3.86. The van der Waals surface area contributed by atoms with Crippen molar-refractivity contribution in [2.24, 2.45) is 0 Å². The van der Waals surface area contributed by atoms with E-state index in [1.165, 1.54) is 0 Å². The summed E-state index contributed by atoms with van der Waals surface area (Å²) in [7, 11) is 0. The van der Waals surface area contributed by atoms with E-state index < -0.39 is 11.9 Å². The minimum Gasteiger partial charge on any atom is -0.352 e. The molecule has 0 aromatic heterocycles. The first kappa shape index (κ1) is 21.3. The van der Waals surface area contributed by atoms with Gasteiger partial charge < -0.3 is 10.2 Å². The van der Waals surface area contributed by atoms with Crippen molar-refractivity contribution in [1.29, 1.82) is 0 Å². The number of carbonyl (C=O) groups is 4. The van der Waals surface area contributed by atoms with E-state index in [1.54, 1.807) is 47.0 Å². The summed E-state index contributed by atoms with van der Waals surface area (Å²) in [6, 6.07) is 6.56.